The Morgan fingerprint density at radius 2 is 1.71 bits per heavy atom. The van der Waals surface area contributed by atoms with Gasteiger partial charge in [0, 0.05) is 17.6 Å². The molecule has 148 valence electrons. The molecule has 0 bridgehead atoms. The van der Waals surface area contributed by atoms with Crippen molar-refractivity contribution in [2.75, 3.05) is 25.0 Å². The highest BCUT2D eigenvalue weighted by atomic mass is 79.9. The lowest BCUT2D eigenvalue weighted by molar-refractivity contribution is -0.118. The predicted molar refractivity (Wildman–Crippen MR) is 114 cm³/mol. The third-order valence-electron chi connectivity index (χ3n) is 4.85. The number of piperidine rings is 1. The smallest absolute Gasteiger partial charge is 0.262 e. The van der Waals surface area contributed by atoms with Crippen LogP contribution in [0.4, 0.5) is 5.69 Å². The van der Waals surface area contributed by atoms with Crippen LogP contribution in [0.3, 0.4) is 0 Å². The van der Waals surface area contributed by atoms with Crippen LogP contribution < -0.4 is 10.1 Å². The summed E-state index contributed by atoms with van der Waals surface area (Å²) in [5.41, 5.74) is 2.96. The van der Waals surface area contributed by atoms with E-state index in [2.05, 4.69) is 21.2 Å². The van der Waals surface area contributed by atoms with Gasteiger partial charge in [-0.1, -0.05) is 28.1 Å². The number of ether oxygens (including phenoxy) is 1. The van der Waals surface area contributed by atoms with Crippen molar-refractivity contribution in [2.45, 2.75) is 33.1 Å². The van der Waals surface area contributed by atoms with E-state index in [4.69, 9.17) is 4.74 Å². The molecule has 2 aromatic rings. The molecule has 3 rings (SSSR count). The molecule has 0 aliphatic carbocycles. The Labute approximate surface area is 174 Å². The lowest BCUT2D eigenvalue weighted by atomic mass is 10.1. The number of nitrogens with one attached hydrogen (secondary N) is 1. The predicted octanol–water partition coefficient (Wildman–Crippen LogP) is 4.71. The number of rotatable bonds is 5. The minimum Gasteiger partial charge on any atom is -0.483 e. The zero-order valence-corrected chi connectivity index (χ0v) is 17.8. The van der Waals surface area contributed by atoms with Gasteiger partial charge in [0.2, 0.25) is 0 Å². The first-order valence-corrected chi connectivity index (χ1v) is 10.3. The highest BCUT2D eigenvalue weighted by Gasteiger charge is 2.21. The number of hydrogen-bond donors (Lipinski definition) is 1. The number of para-hydroxylation sites is 1. The molecule has 0 aromatic heterocycles. The van der Waals surface area contributed by atoms with Crippen LogP contribution in [0, 0.1) is 13.8 Å². The number of halogens is 1. The topological polar surface area (TPSA) is 58.6 Å². The summed E-state index contributed by atoms with van der Waals surface area (Å²) in [7, 11) is 0. The molecule has 1 N–H and O–H groups in total. The van der Waals surface area contributed by atoms with Gasteiger partial charge in [0.1, 0.15) is 5.75 Å². The molecule has 0 radical (unpaired) electrons. The van der Waals surface area contributed by atoms with Crippen molar-refractivity contribution in [2.24, 2.45) is 0 Å². The first-order chi connectivity index (χ1) is 13.5. The summed E-state index contributed by atoms with van der Waals surface area (Å²) in [6.07, 6.45) is 3.22. The first-order valence-electron chi connectivity index (χ1n) is 9.53. The molecule has 1 fully saturated rings. The van der Waals surface area contributed by atoms with Crippen LogP contribution >= 0.6 is 15.9 Å². The van der Waals surface area contributed by atoms with Gasteiger partial charge in [-0.2, -0.15) is 0 Å². The first kappa shape index (κ1) is 20.4. The molecule has 0 atom stereocenters. The van der Waals surface area contributed by atoms with Crippen molar-refractivity contribution >= 4 is 33.4 Å². The molecule has 28 heavy (non-hydrogen) atoms. The molecule has 0 spiro atoms. The van der Waals surface area contributed by atoms with Crippen molar-refractivity contribution in [1.82, 2.24) is 4.90 Å². The molecule has 5 nitrogen and oxygen atoms in total. The molecule has 1 aliphatic rings. The van der Waals surface area contributed by atoms with Crippen LogP contribution in [-0.4, -0.2) is 36.4 Å². The van der Waals surface area contributed by atoms with Crippen LogP contribution in [-0.2, 0) is 4.79 Å². The SMILES string of the molecule is Cc1cc(Br)cc(C)c1OCC(=O)Nc1ccccc1C(=O)N1CCCCC1. The van der Waals surface area contributed by atoms with Crippen molar-refractivity contribution in [3.63, 3.8) is 0 Å². The number of carbonyl (C=O) groups excluding carboxylic acids is 2. The number of likely N-dealkylation sites (tertiary alicyclic amines) is 1. The number of carbonyl (C=O) groups is 2. The van der Waals surface area contributed by atoms with Gasteiger partial charge in [0.15, 0.2) is 6.61 Å². The molecule has 2 aromatic carbocycles. The van der Waals surface area contributed by atoms with Crippen LogP contribution in [0.25, 0.3) is 0 Å². The summed E-state index contributed by atoms with van der Waals surface area (Å²) in [5.74, 6) is 0.382. The Hall–Kier alpha value is -2.34. The third-order valence-corrected chi connectivity index (χ3v) is 5.31. The number of aryl methyl sites for hydroxylation is 2. The molecule has 0 unspecified atom stereocenters. The third kappa shape index (κ3) is 4.93. The zero-order chi connectivity index (χ0) is 20.1. The molecular weight excluding hydrogens is 420 g/mol. The lowest BCUT2D eigenvalue weighted by Gasteiger charge is -2.27. The summed E-state index contributed by atoms with van der Waals surface area (Å²) in [6.45, 7) is 5.31. The second-order valence-corrected chi connectivity index (χ2v) is 8.02. The van der Waals surface area contributed by atoms with Crippen molar-refractivity contribution in [3.8, 4) is 5.75 Å². The number of hydrogen-bond acceptors (Lipinski definition) is 3. The van der Waals surface area contributed by atoms with E-state index in [1.54, 1.807) is 12.1 Å². The molecule has 0 saturated carbocycles. The van der Waals surface area contributed by atoms with Crippen molar-refractivity contribution < 1.29 is 14.3 Å². The summed E-state index contributed by atoms with van der Waals surface area (Å²) in [5, 5.41) is 2.83. The van der Waals surface area contributed by atoms with E-state index in [9.17, 15) is 9.59 Å². The quantitative estimate of drug-likeness (QED) is 0.726. The zero-order valence-electron chi connectivity index (χ0n) is 16.3. The minimum absolute atomic E-state index is 0.0314. The van der Waals surface area contributed by atoms with E-state index in [-0.39, 0.29) is 18.4 Å². The summed E-state index contributed by atoms with van der Waals surface area (Å²) >= 11 is 3.45. The largest absolute Gasteiger partial charge is 0.483 e. The number of amides is 2. The lowest BCUT2D eigenvalue weighted by Crippen LogP contribution is -2.36. The van der Waals surface area contributed by atoms with Crippen LogP contribution in [0.2, 0.25) is 0 Å². The molecule has 1 saturated heterocycles. The molecular formula is C22H25BrN2O3. The average Bonchev–Trinajstić information content (AvgIpc) is 2.67. The summed E-state index contributed by atoms with van der Waals surface area (Å²) in [4.78, 5) is 27.2. The Morgan fingerprint density at radius 3 is 2.39 bits per heavy atom. The fourth-order valence-corrected chi connectivity index (χ4v) is 4.18. The Morgan fingerprint density at radius 1 is 1.07 bits per heavy atom. The summed E-state index contributed by atoms with van der Waals surface area (Å²) in [6, 6.07) is 11.0. The van der Waals surface area contributed by atoms with E-state index in [0.29, 0.717) is 17.0 Å². The summed E-state index contributed by atoms with van der Waals surface area (Å²) < 4.78 is 6.72. The van der Waals surface area contributed by atoms with E-state index in [1.165, 1.54) is 0 Å². The number of anilines is 1. The molecule has 1 heterocycles. The maximum atomic E-state index is 12.8. The van der Waals surface area contributed by atoms with Crippen LogP contribution in [0.5, 0.6) is 5.75 Å². The van der Waals surface area contributed by atoms with Gasteiger partial charge in [-0.25, -0.2) is 0 Å². The van der Waals surface area contributed by atoms with Crippen LogP contribution in [0.15, 0.2) is 40.9 Å². The molecule has 1 aliphatic heterocycles. The van der Waals surface area contributed by atoms with E-state index < -0.39 is 0 Å². The maximum absolute atomic E-state index is 12.8. The number of benzene rings is 2. The van der Waals surface area contributed by atoms with Gasteiger partial charge < -0.3 is 15.0 Å². The van der Waals surface area contributed by atoms with E-state index in [1.807, 2.05) is 43.0 Å². The average molecular weight is 445 g/mol. The van der Waals surface area contributed by atoms with Gasteiger partial charge in [0.05, 0.1) is 11.3 Å². The van der Waals surface area contributed by atoms with Gasteiger partial charge in [-0.05, 0) is 68.5 Å². The van der Waals surface area contributed by atoms with Gasteiger partial charge in [-0.3, -0.25) is 9.59 Å². The highest BCUT2D eigenvalue weighted by molar-refractivity contribution is 9.10. The maximum Gasteiger partial charge on any atom is 0.262 e. The van der Waals surface area contributed by atoms with Gasteiger partial charge in [-0.15, -0.1) is 0 Å². The fourth-order valence-electron chi connectivity index (χ4n) is 3.50. The fraction of sp³-hybridized carbons (Fsp3) is 0.364. The normalized spacial score (nSPS) is 13.9. The molecule has 6 heteroatoms. The second kappa shape index (κ2) is 9.24. The Bertz CT molecular complexity index is 853. The van der Waals surface area contributed by atoms with Gasteiger partial charge in [0.25, 0.3) is 11.8 Å². The monoisotopic (exact) mass is 444 g/mol. The highest BCUT2D eigenvalue weighted by Crippen LogP contribution is 2.27. The van der Waals surface area contributed by atoms with E-state index in [0.717, 1.165) is 48.0 Å². The second-order valence-electron chi connectivity index (χ2n) is 7.10. The number of nitrogens with zero attached hydrogens (tertiary/aromatic N) is 1. The van der Waals surface area contributed by atoms with Crippen LogP contribution in [0.1, 0.15) is 40.7 Å². The van der Waals surface area contributed by atoms with Gasteiger partial charge >= 0.3 is 0 Å². The standard InChI is InChI=1S/C22H25BrN2O3/c1-15-12-17(23)13-16(2)21(15)28-14-20(26)24-19-9-5-4-8-18(19)22(27)25-10-6-3-7-11-25/h4-5,8-9,12-13H,3,6-7,10-11,14H2,1-2H3,(H,24,26). The molecule has 2 amide bonds. The van der Waals surface area contributed by atoms with Crippen molar-refractivity contribution in [3.05, 3.63) is 57.6 Å². The van der Waals surface area contributed by atoms with Crippen molar-refractivity contribution in [1.29, 1.82) is 0 Å². The van der Waals surface area contributed by atoms with E-state index >= 15 is 0 Å². The Kier molecular flexibility index (Phi) is 6.73. The minimum atomic E-state index is -0.291. The Balaban J connectivity index is 1.67.